The molecule has 0 radical (unpaired) electrons. The lowest BCUT2D eigenvalue weighted by molar-refractivity contribution is -0.275. The maximum Gasteiger partial charge on any atom is 0.187 e. The summed E-state index contributed by atoms with van der Waals surface area (Å²) < 4.78 is 26.6. The summed E-state index contributed by atoms with van der Waals surface area (Å²) in [6, 6.07) is 0. The first kappa shape index (κ1) is 27.9. The summed E-state index contributed by atoms with van der Waals surface area (Å²) in [5, 5.41) is 108. The van der Waals surface area contributed by atoms with Crippen molar-refractivity contribution < 1.29 is 79.9 Å². The summed E-state index contributed by atoms with van der Waals surface area (Å²) in [4.78, 5) is 0. The predicted molar refractivity (Wildman–Crippen MR) is 101 cm³/mol. The molecule has 3 aliphatic rings. The van der Waals surface area contributed by atoms with Crippen molar-refractivity contribution in [2.75, 3.05) is 19.8 Å². The zero-order valence-electron chi connectivity index (χ0n) is 17.7. The van der Waals surface area contributed by atoms with E-state index >= 15 is 0 Å². The zero-order chi connectivity index (χ0) is 25.3. The molecule has 0 aromatic heterocycles. The fourth-order valence-corrected chi connectivity index (χ4v) is 4.10. The molecule has 200 valence electrons. The Bertz CT molecular complexity index is 641. The Morgan fingerprint density at radius 2 is 0.941 bits per heavy atom. The first-order chi connectivity index (χ1) is 16.0. The third kappa shape index (κ3) is 5.37. The Hall–Kier alpha value is -0.640. The molecule has 0 bridgehead atoms. The molecule has 3 aliphatic heterocycles. The molecule has 16 nitrogen and oxygen atoms in total. The predicted octanol–water partition coefficient (Wildman–Crippen LogP) is -7.57. The van der Waals surface area contributed by atoms with Crippen LogP contribution in [-0.2, 0) is 23.7 Å². The van der Waals surface area contributed by atoms with Gasteiger partial charge in [-0.2, -0.15) is 0 Å². The largest absolute Gasteiger partial charge is 0.394 e. The molecule has 0 saturated carbocycles. The van der Waals surface area contributed by atoms with Gasteiger partial charge in [-0.3, -0.25) is 0 Å². The van der Waals surface area contributed by atoms with E-state index in [2.05, 4.69) is 0 Å². The molecular formula is C18H32O16. The van der Waals surface area contributed by atoms with Gasteiger partial charge in [-0.15, -0.1) is 0 Å². The van der Waals surface area contributed by atoms with E-state index in [1.807, 2.05) is 0 Å². The molecule has 0 aromatic carbocycles. The Kier molecular flexibility index (Phi) is 9.54. The van der Waals surface area contributed by atoms with Crippen molar-refractivity contribution >= 4 is 0 Å². The van der Waals surface area contributed by atoms with Crippen LogP contribution in [0.1, 0.15) is 0 Å². The first-order valence-corrected chi connectivity index (χ1v) is 10.6. The Labute approximate surface area is 192 Å². The van der Waals surface area contributed by atoms with Gasteiger partial charge in [0.05, 0.1) is 19.8 Å². The van der Waals surface area contributed by atoms with E-state index in [1.165, 1.54) is 0 Å². The van der Waals surface area contributed by atoms with Crippen LogP contribution in [0.15, 0.2) is 0 Å². The topological polar surface area (TPSA) is 269 Å². The maximum absolute atomic E-state index is 10.6. The van der Waals surface area contributed by atoms with Crippen LogP contribution in [0.5, 0.6) is 0 Å². The van der Waals surface area contributed by atoms with Crippen LogP contribution in [0.2, 0.25) is 0 Å². The summed E-state index contributed by atoms with van der Waals surface area (Å²) in [7, 11) is 0. The normalized spacial score (nSPS) is 47.7. The monoisotopic (exact) mass is 504 g/mol. The van der Waals surface area contributed by atoms with Gasteiger partial charge in [0.2, 0.25) is 0 Å². The summed E-state index contributed by atoms with van der Waals surface area (Å²) in [6.45, 7) is -2.43. The second-order valence-corrected chi connectivity index (χ2v) is 8.34. The van der Waals surface area contributed by atoms with Crippen LogP contribution in [0.4, 0.5) is 0 Å². The average molecular weight is 504 g/mol. The summed E-state index contributed by atoms with van der Waals surface area (Å²) in [5.74, 6) is 0. The quantitative estimate of drug-likeness (QED) is 0.132. The SMILES string of the molecule is OC[C@@H](O)[C@@H]1O[C@@H](O[C@H]2[C@H](O[C@H]3C(O)O[C@@H]([C@H](O)CO)[C@@H]3O)O[C@@H]([C@H](O)CO)[C@@H]2O)[C@H](O)[C@H]1O. The van der Waals surface area contributed by atoms with Gasteiger partial charge in [0.15, 0.2) is 18.9 Å². The zero-order valence-corrected chi connectivity index (χ0v) is 17.7. The third-order valence-corrected chi connectivity index (χ3v) is 6.02. The smallest absolute Gasteiger partial charge is 0.187 e. The minimum absolute atomic E-state index is 0.795. The van der Waals surface area contributed by atoms with Gasteiger partial charge < -0.3 is 79.9 Å². The number of aliphatic hydroxyl groups excluding tert-OH is 11. The van der Waals surface area contributed by atoms with E-state index in [4.69, 9.17) is 33.9 Å². The van der Waals surface area contributed by atoms with E-state index < -0.39 is 112 Å². The van der Waals surface area contributed by atoms with Gasteiger partial charge in [0.25, 0.3) is 0 Å². The Balaban J connectivity index is 1.77. The van der Waals surface area contributed by atoms with Gasteiger partial charge in [0, 0.05) is 0 Å². The van der Waals surface area contributed by atoms with E-state index in [1.54, 1.807) is 0 Å². The highest BCUT2D eigenvalue weighted by Crippen LogP contribution is 2.35. The Morgan fingerprint density at radius 3 is 1.47 bits per heavy atom. The van der Waals surface area contributed by atoms with Crippen molar-refractivity contribution in [3.63, 3.8) is 0 Å². The molecule has 15 atom stereocenters. The molecule has 1 unspecified atom stereocenters. The van der Waals surface area contributed by atoms with Crippen molar-refractivity contribution in [2.45, 2.75) is 92.1 Å². The van der Waals surface area contributed by atoms with E-state index in [0.29, 0.717) is 0 Å². The fraction of sp³-hybridized carbons (Fsp3) is 1.00. The van der Waals surface area contributed by atoms with Crippen molar-refractivity contribution in [2.24, 2.45) is 0 Å². The standard InChI is InChI=1S/C18H32O16/c19-1-4(22)11-7(25)8(26)17(31-11)34-15-10(28)13(6(24)3-21)32-18(15)33-14-9(27)12(5(23)2-20)30-16(14)29/h4-29H,1-3H2/t4-,5-,6-,7-,8-,9+,10+,11+,12+,13+,14-,15-,16?,17+,18+/m1/s1. The molecule has 3 rings (SSSR count). The highest BCUT2D eigenvalue weighted by molar-refractivity contribution is 4.97. The van der Waals surface area contributed by atoms with Crippen LogP contribution in [0.3, 0.4) is 0 Å². The number of aliphatic hydroxyl groups is 11. The van der Waals surface area contributed by atoms with Crippen molar-refractivity contribution in [3.05, 3.63) is 0 Å². The van der Waals surface area contributed by atoms with E-state index in [9.17, 15) is 46.0 Å². The lowest BCUT2D eigenvalue weighted by Crippen LogP contribution is -2.47. The van der Waals surface area contributed by atoms with Gasteiger partial charge >= 0.3 is 0 Å². The first-order valence-electron chi connectivity index (χ1n) is 10.6. The number of rotatable bonds is 10. The second kappa shape index (κ2) is 11.6. The van der Waals surface area contributed by atoms with Crippen LogP contribution in [-0.4, -0.2) is 168 Å². The highest BCUT2D eigenvalue weighted by Gasteiger charge is 2.56. The van der Waals surface area contributed by atoms with Gasteiger partial charge in [-0.05, 0) is 0 Å². The molecule has 3 saturated heterocycles. The number of hydrogen-bond donors (Lipinski definition) is 11. The molecular weight excluding hydrogens is 472 g/mol. The highest BCUT2D eigenvalue weighted by atomic mass is 16.8. The van der Waals surface area contributed by atoms with Crippen LogP contribution in [0, 0.1) is 0 Å². The maximum atomic E-state index is 10.6. The summed E-state index contributed by atoms with van der Waals surface area (Å²) in [6.07, 6.45) is -24.4. The van der Waals surface area contributed by atoms with E-state index in [0.717, 1.165) is 0 Å². The molecule has 11 N–H and O–H groups in total. The minimum atomic E-state index is -1.82. The van der Waals surface area contributed by atoms with E-state index in [-0.39, 0.29) is 0 Å². The van der Waals surface area contributed by atoms with Crippen molar-refractivity contribution in [3.8, 4) is 0 Å². The summed E-state index contributed by atoms with van der Waals surface area (Å²) >= 11 is 0. The van der Waals surface area contributed by atoms with Crippen molar-refractivity contribution in [1.29, 1.82) is 0 Å². The number of ether oxygens (including phenoxy) is 5. The van der Waals surface area contributed by atoms with Crippen LogP contribution >= 0.6 is 0 Å². The lowest BCUT2D eigenvalue weighted by Gasteiger charge is -2.29. The lowest BCUT2D eigenvalue weighted by atomic mass is 10.0. The molecule has 3 fully saturated rings. The molecule has 16 heteroatoms. The van der Waals surface area contributed by atoms with Crippen LogP contribution < -0.4 is 0 Å². The molecule has 3 heterocycles. The molecule has 34 heavy (non-hydrogen) atoms. The molecule has 0 aliphatic carbocycles. The molecule has 0 aromatic rings. The van der Waals surface area contributed by atoms with Gasteiger partial charge in [0.1, 0.15) is 73.2 Å². The second-order valence-electron chi connectivity index (χ2n) is 8.34. The van der Waals surface area contributed by atoms with Gasteiger partial charge in [-0.1, -0.05) is 0 Å². The third-order valence-electron chi connectivity index (χ3n) is 6.02. The molecule has 0 spiro atoms. The van der Waals surface area contributed by atoms with Crippen LogP contribution in [0.25, 0.3) is 0 Å². The van der Waals surface area contributed by atoms with Gasteiger partial charge in [-0.25, -0.2) is 0 Å². The minimum Gasteiger partial charge on any atom is -0.394 e. The summed E-state index contributed by atoms with van der Waals surface area (Å²) in [5.41, 5.74) is 0. The fourth-order valence-electron chi connectivity index (χ4n) is 4.10. The molecule has 0 amide bonds. The number of hydrogen-bond acceptors (Lipinski definition) is 16. The Morgan fingerprint density at radius 1 is 0.529 bits per heavy atom. The average Bonchev–Trinajstić information content (AvgIpc) is 3.40. The van der Waals surface area contributed by atoms with Crippen molar-refractivity contribution in [1.82, 2.24) is 0 Å².